The molecule has 0 radical (unpaired) electrons. The van der Waals surface area contributed by atoms with Crippen LogP contribution in [0.1, 0.15) is 22.5 Å². The Labute approximate surface area is 156 Å². The summed E-state index contributed by atoms with van der Waals surface area (Å²) >= 11 is 0. The van der Waals surface area contributed by atoms with Crippen LogP contribution < -0.4 is 0 Å². The maximum Gasteiger partial charge on any atom is 0.255 e. The molecule has 5 rings (SSSR count). The number of fused-ring (bicyclic) bond motifs is 2. The zero-order valence-corrected chi connectivity index (χ0v) is 14.8. The fraction of sp³-hybridized carbons (Fsp3) is 0.190. The van der Waals surface area contributed by atoms with Gasteiger partial charge in [0.05, 0.1) is 29.8 Å². The molecule has 27 heavy (non-hydrogen) atoms. The van der Waals surface area contributed by atoms with Gasteiger partial charge in [0.25, 0.3) is 5.91 Å². The van der Waals surface area contributed by atoms with E-state index in [4.69, 9.17) is 0 Å². The lowest BCUT2D eigenvalue weighted by Gasteiger charge is -2.20. The average molecular weight is 357 g/mol. The molecule has 1 amide bonds. The van der Waals surface area contributed by atoms with Crippen molar-refractivity contribution in [2.75, 3.05) is 6.54 Å². The van der Waals surface area contributed by atoms with Crippen molar-refractivity contribution in [1.82, 2.24) is 23.8 Å². The molecule has 1 aliphatic rings. The summed E-state index contributed by atoms with van der Waals surface area (Å²) in [5, 5.41) is 0. The highest BCUT2D eigenvalue weighted by Crippen LogP contribution is 2.20. The summed E-state index contributed by atoms with van der Waals surface area (Å²) in [4.78, 5) is 23.8. The Morgan fingerprint density at radius 1 is 1.00 bits per heavy atom. The van der Waals surface area contributed by atoms with Crippen LogP contribution >= 0.6 is 0 Å². The van der Waals surface area contributed by atoms with Crippen molar-refractivity contribution < 1.29 is 4.79 Å². The number of hydrogen-bond acceptors (Lipinski definition) is 3. The fourth-order valence-corrected chi connectivity index (χ4v) is 3.61. The van der Waals surface area contributed by atoms with Gasteiger partial charge in [-0.05, 0) is 18.6 Å². The van der Waals surface area contributed by atoms with Gasteiger partial charge in [-0.25, -0.2) is 9.97 Å². The number of carbonyl (C=O) groups excluding carboxylic acids is 1. The Hall–Kier alpha value is -3.41. The maximum atomic E-state index is 13.1. The highest BCUT2D eigenvalue weighted by atomic mass is 16.2. The summed E-state index contributed by atoms with van der Waals surface area (Å²) in [6, 6.07) is 13.8. The molecule has 0 fully saturated rings. The van der Waals surface area contributed by atoms with Crippen LogP contribution in [-0.2, 0) is 13.1 Å². The molecule has 0 saturated carbocycles. The van der Waals surface area contributed by atoms with Crippen molar-refractivity contribution in [1.29, 1.82) is 0 Å². The topological polar surface area (TPSA) is 55.4 Å². The second kappa shape index (κ2) is 6.39. The summed E-state index contributed by atoms with van der Waals surface area (Å²) in [6.07, 6.45) is 8.46. The lowest BCUT2D eigenvalue weighted by atomic mass is 10.2. The predicted octanol–water partition coefficient (Wildman–Crippen LogP) is 3.24. The predicted molar refractivity (Wildman–Crippen MR) is 102 cm³/mol. The summed E-state index contributed by atoms with van der Waals surface area (Å²) in [7, 11) is 0. The van der Waals surface area contributed by atoms with Crippen molar-refractivity contribution in [2.45, 2.75) is 19.5 Å². The minimum Gasteiger partial charge on any atom is -0.333 e. The highest BCUT2D eigenvalue weighted by molar-refractivity contribution is 5.94. The number of pyridine rings is 1. The van der Waals surface area contributed by atoms with Gasteiger partial charge in [0, 0.05) is 37.2 Å². The van der Waals surface area contributed by atoms with E-state index in [9.17, 15) is 4.79 Å². The first-order valence-corrected chi connectivity index (χ1v) is 9.10. The van der Waals surface area contributed by atoms with Gasteiger partial charge >= 0.3 is 0 Å². The zero-order valence-electron chi connectivity index (χ0n) is 14.8. The largest absolute Gasteiger partial charge is 0.333 e. The van der Waals surface area contributed by atoms with Gasteiger partial charge in [-0.1, -0.05) is 30.3 Å². The van der Waals surface area contributed by atoms with E-state index >= 15 is 0 Å². The van der Waals surface area contributed by atoms with Gasteiger partial charge in [-0.2, -0.15) is 0 Å². The number of aromatic nitrogens is 4. The number of amides is 1. The van der Waals surface area contributed by atoms with Crippen LogP contribution in [-0.4, -0.2) is 36.3 Å². The molecule has 0 spiro atoms. The fourth-order valence-electron chi connectivity index (χ4n) is 3.61. The van der Waals surface area contributed by atoms with Gasteiger partial charge in [0.15, 0.2) is 0 Å². The van der Waals surface area contributed by atoms with Crippen molar-refractivity contribution in [3.05, 3.63) is 78.6 Å². The molecule has 0 N–H and O–H groups in total. The van der Waals surface area contributed by atoms with E-state index in [1.165, 1.54) is 0 Å². The van der Waals surface area contributed by atoms with Crippen LogP contribution in [0, 0.1) is 0 Å². The molecule has 0 saturated heterocycles. The summed E-state index contributed by atoms with van der Waals surface area (Å²) < 4.78 is 4.05. The SMILES string of the molecule is O=C(c1ccc2nc(-c3ccccc3)cn2c1)N1CCCn2cncc2C1. The minimum atomic E-state index is 0.0431. The molecule has 1 aliphatic heterocycles. The first kappa shape index (κ1) is 15.8. The minimum absolute atomic E-state index is 0.0431. The highest BCUT2D eigenvalue weighted by Gasteiger charge is 2.21. The second-order valence-corrected chi connectivity index (χ2v) is 6.83. The van der Waals surface area contributed by atoms with E-state index in [2.05, 4.69) is 14.5 Å². The van der Waals surface area contributed by atoms with Crippen LogP contribution in [0.25, 0.3) is 16.9 Å². The Kier molecular flexibility index (Phi) is 3.74. The van der Waals surface area contributed by atoms with E-state index in [-0.39, 0.29) is 5.91 Å². The molecule has 4 aromatic rings. The third-order valence-corrected chi connectivity index (χ3v) is 5.03. The van der Waals surface area contributed by atoms with Crippen LogP contribution in [0.2, 0.25) is 0 Å². The van der Waals surface area contributed by atoms with Crippen LogP contribution in [0.15, 0.2) is 67.4 Å². The standard InChI is InChI=1S/C21H19N5O/c27-21(24-9-4-10-25-15-22-11-18(25)13-24)17-7-8-20-23-19(14-26(20)12-17)16-5-2-1-3-6-16/h1-3,5-8,11-12,14-15H,4,9-10,13H2. The van der Waals surface area contributed by atoms with E-state index < -0.39 is 0 Å². The second-order valence-electron chi connectivity index (χ2n) is 6.83. The first-order chi connectivity index (χ1) is 13.3. The normalized spacial score (nSPS) is 14.1. The number of imidazole rings is 2. The Morgan fingerprint density at radius 2 is 1.89 bits per heavy atom. The summed E-state index contributed by atoms with van der Waals surface area (Å²) in [5.41, 5.74) is 4.55. The van der Waals surface area contributed by atoms with Gasteiger partial charge in [-0.3, -0.25) is 4.79 Å². The van der Waals surface area contributed by atoms with Crippen molar-refractivity contribution in [2.24, 2.45) is 0 Å². The molecule has 134 valence electrons. The van der Waals surface area contributed by atoms with E-state index in [0.717, 1.165) is 42.1 Å². The molecule has 0 unspecified atom stereocenters. The third kappa shape index (κ3) is 2.89. The van der Waals surface area contributed by atoms with Crippen molar-refractivity contribution >= 4 is 11.6 Å². The summed E-state index contributed by atoms with van der Waals surface area (Å²) in [6.45, 7) is 2.24. The van der Waals surface area contributed by atoms with Gasteiger partial charge < -0.3 is 13.9 Å². The van der Waals surface area contributed by atoms with Gasteiger partial charge in [-0.15, -0.1) is 0 Å². The molecule has 0 bridgehead atoms. The number of nitrogens with zero attached hydrogens (tertiary/aromatic N) is 5. The number of hydrogen-bond donors (Lipinski definition) is 0. The molecule has 6 nitrogen and oxygen atoms in total. The van der Waals surface area contributed by atoms with Crippen LogP contribution in [0.4, 0.5) is 0 Å². The summed E-state index contributed by atoms with van der Waals surface area (Å²) in [5.74, 6) is 0.0431. The Morgan fingerprint density at radius 3 is 2.78 bits per heavy atom. The lowest BCUT2D eigenvalue weighted by molar-refractivity contribution is 0.0745. The zero-order chi connectivity index (χ0) is 18.2. The maximum absolute atomic E-state index is 13.1. The Bertz CT molecular complexity index is 1110. The molecule has 6 heteroatoms. The quantitative estimate of drug-likeness (QED) is 0.553. The molecule has 4 heterocycles. The van der Waals surface area contributed by atoms with Crippen molar-refractivity contribution in [3.63, 3.8) is 0 Å². The average Bonchev–Trinajstić information content (AvgIpc) is 3.29. The molecule has 3 aromatic heterocycles. The molecular weight excluding hydrogens is 338 g/mol. The van der Waals surface area contributed by atoms with Gasteiger partial charge in [0.1, 0.15) is 5.65 Å². The first-order valence-electron chi connectivity index (χ1n) is 9.10. The monoisotopic (exact) mass is 357 g/mol. The number of aryl methyl sites for hydroxylation is 1. The number of carbonyl (C=O) groups is 1. The van der Waals surface area contributed by atoms with E-state index in [1.54, 1.807) is 0 Å². The molecule has 1 aromatic carbocycles. The van der Waals surface area contributed by atoms with Crippen LogP contribution in [0.5, 0.6) is 0 Å². The lowest BCUT2D eigenvalue weighted by Crippen LogP contribution is -2.30. The molecule has 0 atom stereocenters. The third-order valence-electron chi connectivity index (χ3n) is 5.03. The van der Waals surface area contributed by atoms with Gasteiger partial charge in [0.2, 0.25) is 0 Å². The Balaban J connectivity index is 1.45. The van der Waals surface area contributed by atoms with Crippen LogP contribution in [0.3, 0.4) is 0 Å². The number of benzene rings is 1. The molecule has 0 aliphatic carbocycles. The number of rotatable bonds is 2. The molecular formula is C21H19N5O. The smallest absolute Gasteiger partial charge is 0.255 e. The van der Waals surface area contributed by atoms with E-state index in [1.807, 2.05) is 76.7 Å². The van der Waals surface area contributed by atoms with E-state index in [0.29, 0.717) is 12.1 Å². The van der Waals surface area contributed by atoms with Crippen molar-refractivity contribution in [3.8, 4) is 11.3 Å².